The number of nitrogens with zero attached hydrogens (tertiary/aromatic N) is 4. The smallest absolute Gasteiger partial charge is 0.101 e. The van der Waals surface area contributed by atoms with Crippen molar-refractivity contribution in [1.29, 1.82) is 0 Å². The molecule has 0 spiro atoms. The van der Waals surface area contributed by atoms with Gasteiger partial charge in [-0.3, -0.25) is 9.67 Å². The standard InChI is InChI=1S/C22H19N5O/c1-28-13-21(15-5-3-2-4-6-15)27-20-12-19-18(24-14-25-19)11-17(20)22(26-27)16-7-9-23-10-8-16/h2-12,14,21H,13H2,1H3,(H,24,25)/t21-/m1/s1. The summed E-state index contributed by atoms with van der Waals surface area (Å²) in [7, 11) is 1.72. The quantitative estimate of drug-likeness (QED) is 0.504. The van der Waals surface area contributed by atoms with Crippen LogP contribution >= 0.6 is 0 Å². The molecular weight excluding hydrogens is 350 g/mol. The fraction of sp³-hybridized carbons (Fsp3) is 0.136. The first kappa shape index (κ1) is 16.6. The van der Waals surface area contributed by atoms with E-state index in [0.717, 1.165) is 38.8 Å². The van der Waals surface area contributed by atoms with Crippen LogP contribution in [-0.4, -0.2) is 38.4 Å². The van der Waals surface area contributed by atoms with Gasteiger partial charge in [-0.15, -0.1) is 0 Å². The van der Waals surface area contributed by atoms with Crippen LogP contribution in [0, 0.1) is 0 Å². The number of hydrogen-bond acceptors (Lipinski definition) is 4. The van der Waals surface area contributed by atoms with E-state index in [4.69, 9.17) is 9.84 Å². The molecule has 1 atom stereocenters. The van der Waals surface area contributed by atoms with Crippen LogP contribution in [-0.2, 0) is 4.74 Å². The topological polar surface area (TPSA) is 68.6 Å². The van der Waals surface area contributed by atoms with Gasteiger partial charge in [-0.05, 0) is 29.8 Å². The zero-order valence-electron chi connectivity index (χ0n) is 15.4. The van der Waals surface area contributed by atoms with Crippen molar-refractivity contribution >= 4 is 21.9 Å². The average molecular weight is 369 g/mol. The third-order valence-corrected chi connectivity index (χ3v) is 5.01. The average Bonchev–Trinajstić information content (AvgIpc) is 3.36. The number of fused-ring (bicyclic) bond motifs is 2. The minimum absolute atomic E-state index is 0.0374. The number of imidazole rings is 1. The molecule has 138 valence electrons. The van der Waals surface area contributed by atoms with Crippen molar-refractivity contribution in [2.24, 2.45) is 0 Å². The van der Waals surface area contributed by atoms with Crippen molar-refractivity contribution in [3.05, 3.63) is 78.9 Å². The Hall–Kier alpha value is -3.51. The van der Waals surface area contributed by atoms with Gasteiger partial charge in [0.15, 0.2) is 0 Å². The number of rotatable bonds is 5. The van der Waals surface area contributed by atoms with Gasteiger partial charge in [0.1, 0.15) is 11.7 Å². The number of benzene rings is 2. The predicted octanol–water partition coefficient (Wildman–Crippen LogP) is 4.21. The first-order valence-corrected chi connectivity index (χ1v) is 9.15. The van der Waals surface area contributed by atoms with Crippen molar-refractivity contribution in [2.75, 3.05) is 13.7 Å². The van der Waals surface area contributed by atoms with E-state index in [9.17, 15) is 0 Å². The maximum Gasteiger partial charge on any atom is 0.101 e. The molecular formula is C22H19N5O. The highest BCUT2D eigenvalue weighted by Gasteiger charge is 2.21. The molecule has 0 aliphatic rings. The van der Waals surface area contributed by atoms with Gasteiger partial charge < -0.3 is 9.72 Å². The largest absolute Gasteiger partial charge is 0.382 e. The number of H-pyrrole nitrogens is 1. The van der Waals surface area contributed by atoms with E-state index >= 15 is 0 Å². The van der Waals surface area contributed by atoms with Crippen molar-refractivity contribution in [2.45, 2.75) is 6.04 Å². The lowest BCUT2D eigenvalue weighted by Gasteiger charge is -2.18. The Bertz CT molecular complexity index is 1230. The molecule has 2 aromatic carbocycles. The number of aromatic amines is 1. The summed E-state index contributed by atoms with van der Waals surface area (Å²) in [6, 6.07) is 18.5. The molecule has 0 bridgehead atoms. The second-order valence-electron chi connectivity index (χ2n) is 6.70. The fourth-order valence-corrected chi connectivity index (χ4v) is 3.67. The van der Waals surface area contributed by atoms with Crippen molar-refractivity contribution in [1.82, 2.24) is 24.7 Å². The second-order valence-corrected chi connectivity index (χ2v) is 6.70. The minimum atomic E-state index is -0.0374. The van der Waals surface area contributed by atoms with Gasteiger partial charge in [0.25, 0.3) is 0 Å². The Morgan fingerprint density at radius 1 is 1.07 bits per heavy atom. The first-order valence-electron chi connectivity index (χ1n) is 9.15. The normalized spacial score (nSPS) is 12.6. The van der Waals surface area contributed by atoms with Crippen LogP contribution in [0.1, 0.15) is 11.6 Å². The lowest BCUT2D eigenvalue weighted by atomic mass is 10.1. The molecule has 3 heterocycles. The number of pyridine rings is 1. The Morgan fingerprint density at radius 2 is 1.89 bits per heavy atom. The monoisotopic (exact) mass is 369 g/mol. The van der Waals surface area contributed by atoms with Crippen LogP contribution in [0.5, 0.6) is 0 Å². The van der Waals surface area contributed by atoms with Crippen LogP contribution < -0.4 is 0 Å². The van der Waals surface area contributed by atoms with Gasteiger partial charge >= 0.3 is 0 Å². The highest BCUT2D eigenvalue weighted by atomic mass is 16.5. The lowest BCUT2D eigenvalue weighted by Crippen LogP contribution is -2.17. The molecule has 5 aromatic rings. The highest BCUT2D eigenvalue weighted by molar-refractivity contribution is 6.00. The van der Waals surface area contributed by atoms with E-state index < -0.39 is 0 Å². The van der Waals surface area contributed by atoms with Gasteiger partial charge in [0.2, 0.25) is 0 Å². The molecule has 0 amide bonds. The summed E-state index contributed by atoms with van der Waals surface area (Å²) in [4.78, 5) is 11.8. The SMILES string of the molecule is COC[C@H](c1ccccc1)n1nc(-c2ccncc2)c2cc3nc[nH]c3cc21. The Kier molecular flexibility index (Phi) is 4.10. The predicted molar refractivity (Wildman–Crippen MR) is 109 cm³/mol. The number of methoxy groups -OCH3 is 1. The van der Waals surface area contributed by atoms with Gasteiger partial charge in [-0.25, -0.2) is 4.98 Å². The number of nitrogens with one attached hydrogen (secondary N) is 1. The third-order valence-electron chi connectivity index (χ3n) is 5.01. The Labute approximate surface area is 161 Å². The molecule has 0 fully saturated rings. The summed E-state index contributed by atoms with van der Waals surface area (Å²) in [6.07, 6.45) is 5.30. The van der Waals surface area contributed by atoms with Crippen LogP contribution in [0.2, 0.25) is 0 Å². The molecule has 5 rings (SSSR count). The zero-order valence-corrected chi connectivity index (χ0v) is 15.4. The van der Waals surface area contributed by atoms with Crippen LogP contribution in [0.25, 0.3) is 33.2 Å². The molecule has 1 N–H and O–H groups in total. The molecule has 0 aliphatic carbocycles. The number of ether oxygens (including phenoxy) is 1. The van der Waals surface area contributed by atoms with Gasteiger partial charge in [0, 0.05) is 30.5 Å². The van der Waals surface area contributed by atoms with Crippen molar-refractivity contribution in [3.8, 4) is 11.3 Å². The number of hydrogen-bond donors (Lipinski definition) is 1. The maximum absolute atomic E-state index is 5.56. The summed E-state index contributed by atoms with van der Waals surface area (Å²) in [5.41, 5.74) is 6.04. The third kappa shape index (κ3) is 2.75. The lowest BCUT2D eigenvalue weighted by molar-refractivity contribution is 0.166. The molecule has 0 unspecified atom stereocenters. The van der Waals surface area contributed by atoms with Gasteiger partial charge in [0.05, 0.1) is 29.5 Å². The van der Waals surface area contributed by atoms with E-state index in [1.54, 1.807) is 25.8 Å². The molecule has 0 aliphatic heterocycles. The second kappa shape index (κ2) is 6.90. The number of aromatic nitrogens is 5. The van der Waals surface area contributed by atoms with Crippen molar-refractivity contribution < 1.29 is 4.74 Å². The molecule has 6 nitrogen and oxygen atoms in total. The van der Waals surface area contributed by atoms with Crippen LogP contribution in [0.4, 0.5) is 0 Å². The van der Waals surface area contributed by atoms with E-state index in [0.29, 0.717) is 6.61 Å². The molecule has 0 saturated heterocycles. The molecule has 0 saturated carbocycles. The van der Waals surface area contributed by atoms with Gasteiger partial charge in [-0.1, -0.05) is 30.3 Å². The molecule has 3 aromatic heterocycles. The fourth-order valence-electron chi connectivity index (χ4n) is 3.67. The van der Waals surface area contributed by atoms with Crippen molar-refractivity contribution in [3.63, 3.8) is 0 Å². The van der Waals surface area contributed by atoms with E-state index in [1.807, 2.05) is 30.3 Å². The molecule has 0 radical (unpaired) electrons. The minimum Gasteiger partial charge on any atom is -0.382 e. The summed E-state index contributed by atoms with van der Waals surface area (Å²) in [5, 5.41) is 6.08. The molecule has 28 heavy (non-hydrogen) atoms. The summed E-state index contributed by atoms with van der Waals surface area (Å²) >= 11 is 0. The molecule has 6 heteroatoms. The Morgan fingerprint density at radius 3 is 2.68 bits per heavy atom. The Balaban J connectivity index is 1.80. The van der Waals surface area contributed by atoms with Crippen LogP contribution in [0.15, 0.2) is 73.3 Å². The van der Waals surface area contributed by atoms with Crippen LogP contribution in [0.3, 0.4) is 0 Å². The first-order chi connectivity index (χ1) is 13.8. The summed E-state index contributed by atoms with van der Waals surface area (Å²) in [5.74, 6) is 0. The zero-order chi connectivity index (χ0) is 18.9. The maximum atomic E-state index is 5.56. The summed E-state index contributed by atoms with van der Waals surface area (Å²) in [6.45, 7) is 0.525. The summed E-state index contributed by atoms with van der Waals surface area (Å²) < 4.78 is 7.62. The highest BCUT2D eigenvalue weighted by Crippen LogP contribution is 2.33. The van der Waals surface area contributed by atoms with E-state index in [2.05, 4.69) is 43.9 Å². The van der Waals surface area contributed by atoms with Gasteiger partial charge in [-0.2, -0.15) is 5.10 Å². The van der Waals surface area contributed by atoms with E-state index in [-0.39, 0.29) is 6.04 Å². The van der Waals surface area contributed by atoms with E-state index in [1.165, 1.54) is 0 Å².